The SMILES string of the molecule is [C-]#[N+]c1ccc([N+](=O)[O-])cc1OCCCN(C)C(=O)OC(C)(C)C. The first-order valence-corrected chi connectivity index (χ1v) is 7.37. The number of hydrogen-bond acceptors (Lipinski definition) is 5. The van der Waals surface area contributed by atoms with Crippen molar-refractivity contribution in [3.05, 3.63) is 39.7 Å². The van der Waals surface area contributed by atoms with E-state index in [9.17, 15) is 14.9 Å². The van der Waals surface area contributed by atoms with Crippen LogP contribution in [-0.2, 0) is 4.74 Å². The van der Waals surface area contributed by atoms with Crippen molar-refractivity contribution < 1.29 is 19.2 Å². The molecule has 0 N–H and O–H groups in total. The summed E-state index contributed by atoms with van der Waals surface area (Å²) >= 11 is 0. The first kappa shape index (κ1) is 19.2. The highest BCUT2D eigenvalue weighted by molar-refractivity contribution is 5.67. The van der Waals surface area contributed by atoms with Gasteiger partial charge in [-0.2, -0.15) is 0 Å². The van der Waals surface area contributed by atoms with Gasteiger partial charge < -0.3 is 14.4 Å². The predicted molar refractivity (Wildman–Crippen MR) is 88.3 cm³/mol. The second-order valence-electron chi connectivity index (χ2n) is 6.12. The van der Waals surface area contributed by atoms with Gasteiger partial charge in [-0.1, -0.05) is 0 Å². The Labute approximate surface area is 140 Å². The lowest BCUT2D eigenvalue weighted by Crippen LogP contribution is -2.35. The molecule has 0 unspecified atom stereocenters. The molecule has 8 nitrogen and oxygen atoms in total. The van der Waals surface area contributed by atoms with Gasteiger partial charge in [-0.3, -0.25) is 10.1 Å². The molecule has 0 saturated carbocycles. The minimum Gasteiger partial charge on any atom is -0.504 e. The molecule has 0 saturated heterocycles. The average molecular weight is 335 g/mol. The van der Waals surface area contributed by atoms with Crippen LogP contribution in [0.3, 0.4) is 0 Å². The molecule has 0 fully saturated rings. The van der Waals surface area contributed by atoms with Gasteiger partial charge in [-0.25, -0.2) is 9.64 Å². The maximum Gasteiger partial charge on any atom is 0.410 e. The van der Waals surface area contributed by atoms with E-state index in [1.807, 2.05) is 0 Å². The fourth-order valence-corrected chi connectivity index (χ4v) is 1.74. The van der Waals surface area contributed by atoms with E-state index in [2.05, 4.69) is 4.85 Å². The molecule has 0 aromatic heterocycles. The molecule has 8 heteroatoms. The summed E-state index contributed by atoms with van der Waals surface area (Å²) in [6.07, 6.45) is 0.0651. The van der Waals surface area contributed by atoms with Crippen LogP contribution in [-0.4, -0.2) is 41.7 Å². The number of carbonyl (C=O) groups excluding carboxylic acids is 1. The lowest BCUT2D eigenvalue weighted by atomic mass is 10.2. The standard InChI is InChI=1S/C16H21N3O5/c1-16(2,3)24-15(20)18(5)9-6-10-23-14-11-12(19(21)22)7-8-13(14)17-4/h7-8,11H,6,9-10H2,1-3,5H3. The van der Waals surface area contributed by atoms with Gasteiger partial charge in [0.15, 0.2) is 0 Å². The molecule has 0 aliphatic rings. The maximum absolute atomic E-state index is 11.8. The summed E-state index contributed by atoms with van der Waals surface area (Å²) in [6, 6.07) is 3.84. The van der Waals surface area contributed by atoms with Crippen LogP contribution in [0.1, 0.15) is 27.2 Å². The molecule has 1 aromatic rings. The zero-order chi connectivity index (χ0) is 18.3. The van der Waals surface area contributed by atoms with Gasteiger partial charge in [0.1, 0.15) is 11.4 Å². The van der Waals surface area contributed by atoms with Gasteiger partial charge in [-0.05, 0) is 33.3 Å². The summed E-state index contributed by atoms with van der Waals surface area (Å²) in [5.41, 5.74) is -0.487. The van der Waals surface area contributed by atoms with E-state index in [4.69, 9.17) is 16.0 Å². The van der Waals surface area contributed by atoms with Crippen LogP contribution in [0.4, 0.5) is 16.2 Å². The van der Waals surface area contributed by atoms with Crippen LogP contribution >= 0.6 is 0 Å². The third-order valence-electron chi connectivity index (χ3n) is 2.88. The topological polar surface area (TPSA) is 86.3 Å². The Morgan fingerprint density at radius 2 is 2.08 bits per heavy atom. The Kier molecular flexibility index (Phi) is 6.53. The number of ether oxygens (including phenoxy) is 2. The second-order valence-corrected chi connectivity index (χ2v) is 6.12. The minimum absolute atomic E-state index is 0.136. The average Bonchev–Trinajstić information content (AvgIpc) is 2.49. The quantitative estimate of drug-likeness (QED) is 0.342. The zero-order valence-corrected chi connectivity index (χ0v) is 14.2. The van der Waals surface area contributed by atoms with E-state index < -0.39 is 16.6 Å². The summed E-state index contributed by atoms with van der Waals surface area (Å²) < 4.78 is 10.7. The van der Waals surface area contributed by atoms with Crippen LogP contribution in [0, 0.1) is 16.7 Å². The predicted octanol–water partition coefficient (Wildman–Crippen LogP) is 3.78. The third-order valence-corrected chi connectivity index (χ3v) is 2.88. The third kappa shape index (κ3) is 6.12. The second kappa shape index (κ2) is 8.15. The van der Waals surface area contributed by atoms with Gasteiger partial charge in [-0.15, -0.1) is 0 Å². The highest BCUT2D eigenvalue weighted by Gasteiger charge is 2.19. The first-order valence-electron chi connectivity index (χ1n) is 7.37. The lowest BCUT2D eigenvalue weighted by Gasteiger charge is -2.24. The molecule has 130 valence electrons. The summed E-state index contributed by atoms with van der Waals surface area (Å²) in [4.78, 5) is 26.7. The molecule has 1 amide bonds. The number of benzene rings is 1. The van der Waals surface area contributed by atoms with E-state index in [-0.39, 0.29) is 23.7 Å². The van der Waals surface area contributed by atoms with Crippen molar-refractivity contribution in [1.29, 1.82) is 0 Å². The van der Waals surface area contributed by atoms with Gasteiger partial charge in [0.2, 0.25) is 5.69 Å². The van der Waals surface area contributed by atoms with Gasteiger partial charge in [0.25, 0.3) is 5.69 Å². The van der Waals surface area contributed by atoms with Crippen molar-refractivity contribution in [2.24, 2.45) is 0 Å². The number of non-ortho nitro benzene ring substituents is 1. The van der Waals surface area contributed by atoms with Crippen LogP contribution in [0.2, 0.25) is 0 Å². The maximum atomic E-state index is 11.8. The summed E-state index contributed by atoms with van der Waals surface area (Å²) in [5, 5.41) is 10.8. The van der Waals surface area contributed by atoms with Crippen LogP contribution in [0.5, 0.6) is 5.75 Å². The number of nitrogens with zero attached hydrogens (tertiary/aromatic N) is 3. The lowest BCUT2D eigenvalue weighted by molar-refractivity contribution is -0.384. The van der Waals surface area contributed by atoms with Crippen molar-refractivity contribution in [1.82, 2.24) is 4.90 Å². The van der Waals surface area contributed by atoms with E-state index in [1.165, 1.54) is 23.1 Å². The number of carbonyl (C=O) groups is 1. The Morgan fingerprint density at radius 3 is 2.62 bits per heavy atom. The number of nitro benzene ring substituents is 1. The normalized spacial score (nSPS) is 10.6. The minimum atomic E-state index is -0.560. The summed E-state index contributed by atoms with van der Waals surface area (Å²) in [6.45, 7) is 13.0. The number of nitro groups is 1. The van der Waals surface area contributed by atoms with Crippen molar-refractivity contribution in [2.45, 2.75) is 32.8 Å². The van der Waals surface area contributed by atoms with Crippen LogP contribution in [0.25, 0.3) is 4.85 Å². The van der Waals surface area contributed by atoms with Crippen molar-refractivity contribution in [3.8, 4) is 5.75 Å². The Morgan fingerprint density at radius 1 is 1.42 bits per heavy atom. The molecule has 0 heterocycles. The Bertz CT molecular complexity index is 646. The number of rotatable bonds is 6. The van der Waals surface area contributed by atoms with Gasteiger partial charge in [0, 0.05) is 25.7 Å². The molecule has 0 aliphatic carbocycles. The number of hydrogen-bond donors (Lipinski definition) is 0. The van der Waals surface area contributed by atoms with Crippen LogP contribution in [0.15, 0.2) is 18.2 Å². The van der Waals surface area contributed by atoms with E-state index >= 15 is 0 Å². The molecular weight excluding hydrogens is 314 g/mol. The molecule has 0 atom stereocenters. The molecular formula is C16H21N3O5. The van der Waals surface area contributed by atoms with Crippen molar-refractivity contribution >= 4 is 17.5 Å². The highest BCUT2D eigenvalue weighted by atomic mass is 16.6. The Balaban J connectivity index is 2.53. The molecule has 24 heavy (non-hydrogen) atoms. The van der Waals surface area contributed by atoms with Gasteiger partial charge >= 0.3 is 6.09 Å². The van der Waals surface area contributed by atoms with E-state index in [0.29, 0.717) is 13.0 Å². The largest absolute Gasteiger partial charge is 0.504 e. The Hall–Kier alpha value is -2.82. The smallest absolute Gasteiger partial charge is 0.410 e. The van der Waals surface area contributed by atoms with Crippen LogP contribution < -0.4 is 4.74 Å². The first-order chi connectivity index (χ1) is 11.1. The monoisotopic (exact) mass is 335 g/mol. The fourth-order valence-electron chi connectivity index (χ4n) is 1.74. The van der Waals surface area contributed by atoms with Crippen molar-refractivity contribution in [3.63, 3.8) is 0 Å². The van der Waals surface area contributed by atoms with Gasteiger partial charge in [0.05, 0.1) is 18.1 Å². The molecule has 0 aliphatic heterocycles. The zero-order valence-electron chi connectivity index (χ0n) is 14.2. The molecule has 1 aromatic carbocycles. The number of amides is 1. The molecule has 0 spiro atoms. The molecule has 0 bridgehead atoms. The molecule has 1 rings (SSSR count). The fraction of sp³-hybridized carbons (Fsp3) is 0.500. The molecule has 0 radical (unpaired) electrons. The summed E-state index contributed by atoms with van der Waals surface area (Å²) in [7, 11) is 1.62. The van der Waals surface area contributed by atoms with E-state index in [0.717, 1.165) is 0 Å². The summed E-state index contributed by atoms with van der Waals surface area (Å²) in [5.74, 6) is 0.166. The van der Waals surface area contributed by atoms with E-state index in [1.54, 1.807) is 27.8 Å². The highest BCUT2D eigenvalue weighted by Crippen LogP contribution is 2.31. The van der Waals surface area contributed by atoms with Crippen molar-refractivity contribution in [2.75, 3.05) is 20.2 Å².